The first-order valence-electron chi connectivity index (χ1n) is 5.88. The summed E-state index contributed by atoms with van der Waals surface area (Å²) < 4.78 is 13.1. The molecular weight excluding hydrogens is 229 g/mol. The predicted molar refractivity (Wildman–Crippen MR) is 70.8 cm³/mol. The third-order valence-corrected chi connectivity index (χ3v) is 2.89. The van der Waals surface area contributed by atoms with E-state index in [1.807, 2.05) is 31.2 Å². The molecule has 2 N–H and O–H groups in total. The van der Waals surface area contributed by atoms with Gasteiger partial charge in [-0.2, -0.15) is 0 Å². The number of nitrogens with one attached hydrogen (secondary N) is 1. The van der Waals surface area contributed by atoms with Crippen LogP contribution < -0.4 is 5.32 Å². The van der Waals surface area contributed by atoms with Crippen molar-refractivity contribution in [1.29, 1.82) is 0 Å². The average Bonchev–Trinajstić information content (AvgIpc) is 2.40. The molecule has 0 fully saturated rings. The Labute approximate surface area is 106 Å². The summed E-state index contributed by atoms with van der Waals surface area (Å²) in [6, 6.07) is 12.4. The van der Waals surface area contributed by atoms with Crippen LogP contribution in [0.1, 0.15) is 16.7 Å². The van der Waals surface area contributed by atoms with Crippen molar-refractivity contribution < 1.29 is 9.50 Å². The Balaban J connectivity index is 2.04. The number of aryl methyl sites for hydroxylation is 1. The van der Waals surface area contributed by atoms with Gasteiger partial charge in [0.05, 0.1) is 6.61 Å². The molecule has 0 unspecified atom stereocenters. The van der Waals surface area contributed by atoms with Gasteiger partial charge in [-0.15, -0.1) is 0 Å². The number of hydrogen-bond donors (Lipinski definition) is 2. The lowest BCUT2D eigenvalue weighted by atomic mass is 10.1. The lowest BCUT2D eigenvalue weighted by molar-refractivity contribution is 0.282. The van der Waals surface area contributed by atoms with E-state index >= 15 is 0 Å². The molecule has 2 rings (SSSR count). The molecule has 3 heteroatoms. The van der Waals surface area contributed by atoms with Crippen molar-refractivity contribution in [3.05, 3.63) is 65.0 Å². The smallest absolute Gasteiger partial charge is 0.125 e. The number of hydrogen-bond acceptors (Lipinski definition) is 2. The summed E-state index contributed by atoms with van der Waals surface area (Å²) >= 11 is 0. The lowest BCUT2D eigenvalue weighted by Gasteiger charge is -2.10. The third kappa shape index (κ3) is 3.08. The van der Waals surface area contributed by atoms with Crippen molar-refractivity contribution >= 4 is 5.69 Å². The fourth-order valence-corrected chi connectivity index (χ4v) is 1.74. The summed E-state index contributed by atoms with van der Waals surface area (Å²) in [5.74, 6) is -0.237. The van der Waals surface area contributed by atoms with Gasteiger partial charge in [-0.3, -0.25) is 0 Å². The van der Waals surface area contributed by atoms with Crippen LogP contribution in [0.3, 0.4) is 0 Å². The second-order valence-corrected chi connectivity index (χ2v) is 4.29. The molecule has 2 aromatic carbocycles. The van der Waals surface area contributed by atoms with Gasteiger partial charge in [-0.1, -0.05) is 30.3 Å². The minimum Gasteiger partial charge on any atom is -0.392 e. The van der Waals surface area contributed by atoms with E-state index in [1.165, 1.54) is 12.1 Å². The van der Waals surface area contributed by atoms with E-state index in [1.54, 1.807) is 6.07 Å². The van der Waals surface area contributed by atoms with Gasteiger partial charge in [0, 0.05) is 12.2 Å². The van der Waals surface area contributed by atoms with Crippen LogP contribution in [-0.2, 0) is 13.2 Å². The van der Waals surface area contributed by atoms with Crippen molar-refractivity contribution in [2.24, 2.45) is 0 Å². The Hall–Kier alpha value is -1.87. The highest BCUT2D eigenvalue weighted by molar-refractivity contribution is 5.51. The average molecular weight is 245 g/mol. The molecule has 0 heterocycles. The fourth-order valence-electron chi connectivity index (χ4n) is 1.74. The lowest BCUT2D eigenvalue weighted by Crippen LogP contribution is -2.01. The summed E-state index contributed by atoms with van der Waals surface area (Å²) in [4.78, 5) is 0. The number of benzene rings is 2. The van der Waals surface area contributed by atoms with Crippen molar-refractivity contribution in [3.63, 3.8) is 0 Å². The van der Waals surface area contributed by atoms with E-state index in [0.717, 1.165) is 22.4 Å². The number of aliphatic hydroxyl groups is 1. The molecule has 0 saturated heterocycles. The van der Waals surface area contributed by atoms with Gasteiger partial charge in [-0.25, -0.2) is 4.39 Å². The maximum absolute atomic E-state index is 13.1. The molecule has 0 aliphatic heterocycles. The Morgan fingerprint density at radius 1 is 1.06 bits per heavy atom. The molecule has 0 aliphatic rings. The van der Waals surface area contributed by atoms with E-state index < -0.39 is 0 Å². The van der Waals surface area contributed by atoms with E-state index in [0.29, 0.717) is 6.54 Å². The van der Waals surface area contributed by atoms with E-state index in [9.17, 15) is 4.39 Å². The van der Waals surface area contributed by atoms with Gasteiger partial charge in [0.1, 0.15) is 5.82 Å². The van der Waals surface area contributed by atoms with Gasteiger partial charge in [0.2, 0.25) is 0 Å². The molecule has 94 valence electrons. The predicted octanol–water partition coefficient (Wildman–Crippen LogP) is 3.24. The summed E-state index contributed by atoms with van der Waals surface area (Å²) in [5.41, 5.74) is 3.81. The maximum Gasteiger partial charge on any atom is 0.125 e. The highest BCUT2D eigenvalue weighted by atomic mass is 19.1. The highest BCUT2D eigenvalue weighted by Crippen LogP contribution is 2.17. The van der Waals surface area contributed by atoms with Gasteiger partial charge < -0.3 is 10.4 Å². The highest BCUT2D eigenvalue weighted by Gasteiger charge is 2.00. The normalized spacial score (nSPS) is 10.4. The molecular formula is C15H16FNO. The van der Waals surface area contributed by atoms with Crippen LogP contribution in [0.25, 0.3) is 0 Å². The van der Waals surface area contributed by atoms with Gasteiger partial charge in [-0.05, 0) is 35.7 Å². The Kier molecular flexibility index (Phi) is 3.95. The molecule has 0 radical (unpaired) electrons. The molecule has 2 aromatic rings. The summed E-state index contributed by atoms with van der Waals surface area (Å²) in [7, 11) is 0. The SMILES string of the molecule is Cc1ccc(F)cc1NCc1ccc(CO)cc1. The zero-order chi connectivity index (χ0) is 13.0. The molecule has 0 atom stereocenters. The number of aliphatic hydroxyl groups excluding tert-OH is 1. The van der Waals surface area contributed by atoms with Crippen LogP contribution in [0.4, 0.5) is 10.1 Å². The van der Waals surface area contributed by atoms with Crippen LogP contribution in [0.15, 0.2) is 42.5 Å². The third-order valence-electron chi connectivity index (χ3n) is 2.89. The standard InChI is InChI=1S/C15H16FNO/c1-11-2-7-14(16)8-15(11)17-9-12-3-5-13(10-18)6-4-12/h2-8,17-18H,9-10H2,1H3. The van der Waals surface area contributed by atoms with Crippen LogP contribution in [0, 0.1) is 12.7 Å². The number of halogens is 1. The molecule has 2 nitrogen and oxygen atoms in total. The first-order chi connectivity index (χ1) is 8.69. The summed E-state index contributed by atoms with van der Waals surface area (Å²) in [6.45, 7) is 2.63. The number of anilines is 1. The zero-order valence-corrected chi connectivity index (χ0v) is 10.3. The van der Waals surface area contributed by atoms with Crippen molar-refractivity contribution in [2.75, 3.05) is 5.32 Å². The van der Waals surface area contributed by atoms with Gasteiger partial charge >= 0.3 is 0 Å². The van der Waals surface area contributed by atoms with Gasteiger partial charge in [0.15, 0.2) is 0 Å². The molecule has 0 saturated carbocycles. The largest absolute Gasteiger partial charge is 0.392 e. The Morgan fingerprint density at radius 3 is 2.39 bits per heavy atom. The zero-order valence-electron chi connectivity index (χ0n) is 10.3. The first-order valence-corrected chi connectivity index (χ1v) is 5.88. The fraction of sp³-hybridized carbons (Fsp3) is 0.200. The minimum absolute atomic E-state index is 0.0523. The summed E-state index contributed by atoms with van der Waals surface area (Å²) in [5, 5.41) is 12.2. The van der Waals surface area contributed by atoms with Crippen molar-refractivity contribution in [1.82, 2.24) is 0 Å². The van der Waals surface area contributed by atoms with Crippen LogP contribution in [0.5, 0.6) is 0 Å². The van der Waals surface area contributed by atoms with E-state index in [4.69, 9.17) is 5.11 Å². The second-order valence-electron chi connectivity index (χ2n) is 4.29. The molecule has 0 spiro atoms. The quantitative estimate of drug-likeness (QED) is 0.866. The van der Waals surface area contributed by atoms with E-state index in [-0.39, 0.29) is 12.4 Å². The van der Waals surface area contributed by atoms with Crippen LogP contribution in [-0.4, -0.2) is 5.11 Å². The Bertz CT molecular complexity index is 523. The van der Waals surface area contributed by atoms with Crippen molar-refractivity contribution in [2.45, 2.75) is 20.1 Å². The summed E-state index contributed by atoms with van der Waals surface area (Å²) in [6.07, 6.45) is 0. The van der Waals surface area contributed by atoms with Crippen LogP contribution in [0.2, 0.25) is 0 Å². The van der Waals surface area contributed by atoms with Gasteiger partial charge in [0.25, 0.3) is 0 Å². The maximum atomic E-state index is 13.1. The van der Waals surface area contributed by atoms with Crippen LogP contribution >= 0.6 is 0 Å². The number of rotatable bonds is 4. The molecule has 18 heavy (non-hydrogen) atoms. The molecule has 0 bridgehead atoms. The topological polar surface area (TPSA) is 32.3 Å². The molecule has 0 amide bonds. The first kappa shape index (κ1) is 12.6. The minimum atomic E-state index is -0.237. The Morgan fingerprint density at radius 2 is 1.72 bits per heavy atom. The van der Waals surface area contributed by atoms with Crippen molar-refractivity contribution in [3.8, 4) is 0 Å². The van der Waals surface area contributed by atoms with E-state index in [2.05, 4.69) is 5.32 Å². The molecule has 0 aromatic heterocycles. The molecule has 0 aliphatic carbocycles. The monoisotopic (exact) mass is 245 g/mol. The second kappa shape index (κ2) is 5.65.